The van der Waals surface area contributed by atoms with Crippen molar-refractivity contribution in [2.75, 3.05) is 0 Å². The summed E-state index contributed by atoms with van der Waals surface area (Å²) in [6.45, 7) is 2.03. The molecule has 1 aromatic carbocycles. The Labute approximate surface area is 111 Å². The van der Waals surface area contributed by atoms with Gasteiger partial charge in [0.05, 0.1) is 11.4 Å². The molecule has 0 unspecified atom stereocenters. The van der Waals surface area contributed by atoms with E-state index in [9.17, 15) is 5.26 Å². The zero-order valence-corrected chi connectivity index (χ0v) is 10.8. The number of benzene rings is 1. The van der Waals surface area contributed by atoms with Gasteiger partial charge in [0, 0.05) is 5.92 Å². The second-order valence-corrected chi connectivity index (χ2v) is 5.04. The molecule has 90 valence electrons. The van der Waals surface area contributed by atoms with Crippen LogP contribution < -0.4 is 0 Å². The third kappa shape index (κ3) is 1.79. The van der Waals surface area contributed by atoms with Crippen LogP contribution in [-0.4, -0.2) is 9.78 Å². The van der Waals surface area contributed by atoms with Crippen molar-refractivity contribution in [2.24, 2.45) is 0 Å². The summed E-state index contributed by atoms with van der Waals surface area (Å²) in [7, 11) is 0. The minimum Gasteiger partial charge on any atom is -0.221 e. The van der Waals surface area contributed by atoms with Gasteiger partial charge >= 0.3 is 0 Å². The molecular weight excluding hydrogens is 246 g/mol. The third-order valence-corrected chi connectivity index (χ3v) is 3.56. The summed E-state index contributed by atoms with van der Waals surface area (Å²) in [5.74, 6) is 0.420. The number of hydrogen-bond acceptors (Lipinski definition) is 2. The summed E-state index contributed by atoms with van der Waals surface area (Å²) in [5.41, 5.74) is 3.46. The van der Waals surface area contributed by atoms with E-state index in [1.165, 1.54) is 5.56 Å². The second kappa shape index (κ2) is 4.15. The lowest BCUT2D eigenvalue weighted by molar-refractivity contribution is 0.837. The van der Waals surface area contributed by atoms with E-state index < -0.39 is 0 Å². The molecule has 4 heteroatoms. The predicted octanol–water partition coefficient (Wildman–Crippen LogP) is 3.58. The van der Waals surface area contributed by atoms with E-state index in [4.69, 9.17) is 11.6 Å². The molecule has 1 fully saturated rings. The Morgan fingerprint density at radius 2 is 2.00 bits per heavy atom. The highest BCUT2D eigenvalue weighted by atomic mass is 35.5. The molecular formula is C14H12ClN3. The summed E-state index contributed by atoms with van der Waals surface area (Å²) in [6, 6.07) is 10.1. The quantitative estimate of drug-likeness (QED) is 0.825. The molecule has 1 aliphatic rings. The summed E-state index contributed by atoms with van der Waals surface area (Å²) >= 11 is 6.25. The molecule has 0 radical (unpaired) electrons. The van der Waals surface area contributed by atoms with Gasteiger partial charge in [-0.3, -0.25) is 0 Å². The van der Waals surface area contributed by atoms with E-state index in [2.05, 4.69) is 11.2 Å². The first-order valence-corrected chi connectivity index (χ1v) is 6.34. The number of aryl methyl sites for hydroxylation is 1. The largest absolute Gasteiger partial charge is 0.221 e. The molecule has 18 heavy (non-hydrogen) atoms. The Morgan fingerprint density at radius 1 is 1.33 bits per heavy atom. The first-order chi connectivity index (χ1) is 8.70. The molecule has 0 saturated heterocycles. The van der Waals surface area contributed by atoms with Gasteiger partial charge in [-0.1, -0.05) is 29.3 Å². The number of aromatic nitrogens is 2. The maximum atomic E-state index is 9.19. The first-order valence-electron chi connectivity index (χ1n) is 5.96. The summed E-state index contributed by atoms with van der Waals surface area (Å²) in [4.78, 5) is 0. The van der Waals surface area contributed by atoms with Crippen LogP contribution in [0.25, 0.3) is 5.69 Å². The molecule has 0 atom stereocenters. The van der Waals surface area contributed by atoms with Crippen LogP contribution in [0.1, 0.15) is 35.6 Å². The molecule has 0 spiro atoms. The van der Waals surface area contributed by atoms with E-state index >= 15 is 0 Å². The average molecular weight is 258 g/mol. The van der Waals surface area contributed by atoms with Gasteiger partial charge in [-0.15, -0.1) is 0 Å². The van der Waals surface area contributed by atoms with Crippen molar-refractivity contribution in [1.82, 2.24) is 9.78 Å². The molecule has 1 heterocycles. The van der Waals surface area contributed by atoms with Gasteiger partial charge in [-0.2, -0.15) is 10.4 Å². The van der Waals surface area contributed by atoms with Crippen LogP contribution in [0.4, 0.5) is 0 Å². The van der Waals surface area contributed by atoms with Crippen LogP contribution in [-0.2, 0) is 0 Å². The summed E-state index contributed by atoms with van der Waals surface area (Å²) < 4.78 is 1.66. The highest BCUT2D eigenvalue weighted by Gasteiger charge is 2.31. The molecule has 3 rings (SSSR count). The molecule has 1 saturated carbocycles. The van der Waals surface area contributed by atoms with Crippen LogP contribution >= 0.6 is 11.6 Å². The lowest BCUT2D eigenvalue weighted by Crippen LogP contribution is -1.97. The molecule has 0 aliphatic heterocycles. The van der Waals surface area contributed by atoms with Gasteiger partial charge in [-0.25, -0.2) is 4.68 Å². The van der Waals surface area contributed by atoms with Crippen LogP contribution in [0.2, 0.25) is 5.15 Å². The fraction of sp³-hybridized carbons (Fsp3) is 0.286. The minimum absolute atomic E-state index is 0.420. The Balaban J connectivity index is 2.12. The molecule has 0 N–H and O–H groups in total. The predicted molar refractivity (Wildman–Crippen MR) is 70.0 cm³/mol. The van der Waals surface area contributed by atoms with Crippen molar-refractivity contribution in [3.05, 3.63) is 46.2 Å². The average Bonchev–Trinajstić information content (AvgIpc) is 3.15. The van der Waals surface area contributed by atoms with Crippen LogP contribution in [0.3, 0.4) is 0 Å². The highest BCUT2D eigenvalue weighted by Crippen LogP contribution is 2.42. The van der Waals surface area contributed by atoms with Crippen molar-refractivity contribution in [3.63, 3.8) is 0 Å². The van der Waals surface area contributed by atoms with Crippen molar-refractivity contribution < 1.29 is 0 Å². The van der Waals surface area contributed by atoms with Gasteiger partial charge < -0.3 is 0 Å². The van der Waals surface area contributed by atoms with E-state index in [0.717, 1.165) is 24.2 Å². The third-order valence-electron chi connectivity index (χ3n) is 3.21. The van der Waals surface area contributed by atoms with Crippen molar-refractivity contribution >= 4 is 11.6 Å². The number of rotatable bonds is 2. The van der Waals surface area contributed by atoms with Gasteiger partial charge in [0.25, 0.3) is 0 Å². The molecule has 1 aromatic heterocycles. The lowest BCUT2D eigenvalue weighted by atomic mass is 10.2. The molecule has 3 nitrogen and oxygen atoms in total. The minimum atomic E-state index is 0.420. The van der Waals surface area contributed by atoms with E-state index in [1.807, 2.05) is 31.2 Å². The SMILES string of the molecule is Cc1ccc(-n2nc(C3CC3)c(C#N)c2Cl)cc1. The maximum absolute atomic E-state index is 9.19. The highest BCUT2D eigenvalue weighted by molar-refractivity contribution is 6.31. The van der Waals surface area contributed by atoms with Gasteiger partial charge in [0.15, 0.2) is 5.15 Å². The Morgan fingerprint density at radius 3 is 2.56 bits per heavy atom. The number of hydrogen-bond donors (Lipinski definition) is 0. The van der Waals surface area contributed by atoms with Crippen molar-refractivity contribution in [3.8, 4) is 11.8 Å². The van der Waals surface area contributed by atoms with Gasteiger partial charge in [-0.05, 0) is 31.9 Å². The smallest absolute Gasteiger partial charge is 0.150 e. The van der Waals surface area contributed by atoms with Crippen molar-refractivity contribution in [1.29, 1.82) is 5.26 Å². The standard InChI is InChI=1S/C14H12ClN3/c1-9-2-6-11(7-3-9)18-14(15)12(8-16)13(17-18)10-4-5-10/h2-3,6-7,10H,4-5H2,1H3. The molecule has 2 aromatic rings. The van der Waals surface area contributed by atoms with Crippen molar-refractivity contribution in [2.45, 2.75) is 25.7 Å². The molecule has 0 bridgehead atoms. The van der Waals surface area contributed by atoms with E-state index in [-0.39, 0.29) is 0 Å². The monoisotopic (exact) mass is 257 g/mol. The zero-order chi connectivity index (χ0) is 12.7. The van der Waals surface area contributed by atoms with E-state index in [1.54, 1.807) is 4.68 Å². The van der Waals surface area contributed by atoms with E-state index in [0.29, 0.717) is 16.6 Å². The molecule has 0 amide bonds. The van der Waals surface area contributed by atoms with Crippen LogP contribution in [0.15, 0.2) is 24.3 Å². The number of nitriles is 1. The lowest BCUT2D eigenvalue weighted by Gasteiger charge is -2.02. The summed E-state index contributed by atoms with van der Waals surface area (Å²) in [5, 5.41) is 14.1. The van der Waals surface area contributed by atoms with Gasteiger partial charge in [0.2, 0.25) is 0 Å². The van der Waals surface area contributed by atoms with Gasteiger partial charge in [0.1, 0.15) is 11.6 Å². The maximum Gasteiger partial charge on any atom is 0.150 e. The zero-order valence-electron chi connectivity index (χ0n) is 10.0. The fourth-order valence-corrected chi connectivity index (χ4v) is 2.29. The Bertz CT molecular complexity index is 630. The Hall–Kier alpha value is -1.79. The number of halogens is 1. The normalized spacial score (nSPS) is 14.5. The first kappa shape index (κ1) is 11.3. The summed E-state index contributed by atoms with van der Waals surface area (Å²) in [6.07, 6.45) is 2.21. The van der Waals surface area contributed by atoms with Crippen LogP contribution in [0.5, 0.6) is 0 Å². The fourth-order valence-electron chi connectivity index (χ4n) is 2.02. The number of nitrogens with zero attached hydrogens (tertiary/aromatic N) is 3. The molecule has 1 aliphatic carbocycles. The van der Waals surface area contributed by atoms with Crippen LogP contribution in [0, 0.1) is 18.3 Å². The second-order valence-electron chi connectivity index (χ2n) is 4.68. The topological polar surface area (TPSA) is 41.6 Å². The Kier molecular flexibility index (Phi) is 2.61.